The van der Waals surface area contributed by atoms with Crippen LogP contribution in [0, 0.1) is 24.0 Å². The Labute approximate surface area is 158 Å². The highest BCUT2D eigenvalue weighted by Crippen LogP contribution is 2.34. The topological polar surface area (TPSA) is 132 Å². The van der Waals surface area contributed by atoms with Gasteiger partial charge in [-0.3, -0.25) is 15.1 Å². The first-order chi connectivity index (χ1) is 13.5. The van der Waals surface area contributed by atoms with Crippen molar-refractivity contribution in [3.8, 4) is 0 Å². The fraction of sp³-hybridized carbons (Fsp3) is 0.111. The van der Waals surface area contributed by atoms with Gasteiger partial charge in [0.15, 0.2) is 5.82 Å². The molecule has 0 bridgehead atoms. The SMILES string of the molecule is Cc1ccc2c(Nc3ncnc(Nc4cc(C)on4)c3[N+](=O)[O-])cccc2n1. The number of nitro groups is 1. The number of hydrogen-bond donors (Lipinski definition) is 2. The van der Waals surface area contributed by atoms with Crippen molar-refractivity contribution in [1.82, 2.24) is 20.1 Å². The van der Waals surface area contributed by atoms with Crippen molar-refractivity contribution in [2.75, 3.05) is 10.6 Å². The molecule has 0 amide bonds. The lowest BCUT2D eigenvalue weighted by atomic mass is 10.1. The minimum Gasteiger partial charge on any atom is -0.360 e. The van der Waals surface area contributed by atoms with Crippen LogP contribution in [0.1, 0.15) is 11.5 Å². The molecule has 4 aromatic rings. The number of fused-ring (bicyclic) bond motifs is 1. The van der Waals surface area contributed by atoms with E-state index in [9.17, 15) is 10.1 Å². The van der Waals surface area contributed by atoms with Gasteiger partial charge in [0, 0.05) is 22.8 Å². The summed E-state index contributed by atoms with van der Waals surface area (Å²) in [5.74, 6) is 0.937. The Morgan fingerprint density at radius 3 is 2.57 bits per heavy atom. The lowest BCUT2D eigenvalue weighted by molar-refractivity contribution is -0.383. The van der Waals surface area contributed by atoms with Crippen LogP contribution in [0.25, 0.3) is 10.9 Å². The van der Waals surface area contributed by atoms with Gasteiger partial charge in [0.1, 0.15) is 12.1 Å². The second-order valence-electron chi connectivity index (χ2n) is 6.07. The number of benzene rings is 1. The maximum Gasteiger partial charge on any atom is 0.353 e. The van der Waals surface area contributed by atoms with E-state index in [2.05, 4.69) is 30.7 Å². The molecular weight excluding hydrogens is 362 g/mol. The number of nitrogens with zero attached hydrogens (tertiary/aromatic N) is 5. The summed E-state index contributed by atoms with van der Waals surface area (Å²) in [4.78, 5) is 23.7. The minimum absolute atomic E-state index is 0.00464. The second kappa shape index (κ2) is 6.91. The molecule has 28 heavy (non-hydrogen) atoms. The quantitative estimate of drug-likeness (QED) is 0.391. The molecular formula is C18H15N7O3. The molecule has 140 valence electrons. The van der Waals surface area contributed by atoms with Crippen LogP contribution in [-0.4, -0.2) is 25.0 Å². The third kappa shape index (κ3) is 3.30. The van der Waals surface area contributed by atoms with E-state index in [4.69, 9.17) is 4.52 Å². The maximum absolute atomic E-state index is 11.7. The fourth-order valence-corrected chi connectivity index (χ4v) is 2.77. The van der Waals surface area contributed by atoms with Crippen molar-refractivity contribution < 1.29 is 9.45 Å². The molecule has 1 aromatic carbocycles. The molecule has 10 nitrogen and oxygen atoms in total. The van der Waals surface area contributed by atoms with Gasteiger partial charge in [0.25, 0.3) is 0 Å². The largest absolute Gasteiger partial charge is 0.360 e. The molecule has 0 saturated heterocycles. The zero-order chi connectivity index (χ0) is 19.7. The summed E-state index contributed by atoms with van der Waals surface area (Å²) < 4.78 is 4.97. The number of aryl methyl sites for hydroxylation is 2. The highest BCUT2D eigenvalue weighted by Gasteiger charge is 2.24. The van der Waals surface area contributed by atoms with E-state index >= 15 is 0 Å². The average Bonchev–Trinajstić information content (AvgIpc) is 3.06. The molecule has 0 unspecified atom stereocenters. The molecule has 0 atom stereocenters. The van der Waals surface area contributed by atoms with E-state index in [1.54, 1.807) is 19.1 Å². The van der Waals surface area contributed by atoms with E-state index < -0.39 is 4.92 Å². The number of pyridine rings is 1. The molecule has 10 heteroatoms. The van der Waals surface area contributed by atoms with Gasteiger partial charge in [-0.25, -0.2) is 9.97 Å². The predicted molar refractivity (Wildman–Crippen MR) is 103 cm³/mol. The third-order valence-electron chi connectivity index (χ3n) is 4.00. The summed E-state index contributed by atoms with van der Waals surface area (Å²) in [6.07, 6.45) is 1.23. The minimum atomic E-state index is -0.550. The van der Waals surface area contributed by atoms with Gasteiger partial charge in [-0.15, -0.1) is 0 Å². The van der Waals surface area contributed by atoms with Gasteiger partial charge in [0.05, 0.1) is 10.4 Å². The monoisotopic (exact) mass is 377 g/mol. The van der Waals surface area contributed by atoms with Crippen LogP contribution in [0.3, 0.4) is 0 Å². The van der Waals surface area contributed by atoms with Gasteiger partial charge in [-0.2, -0.15) is 0 Å². The van der Waals surface area contributed by atoms with E-state index in [0.29, 0.717) is 17.3 Å². The summed E-state index contributed by atoms with van der Waals surface area (Å²) in [6, 6.07) is 10.9. The summed E-state index contributed by atoms with van der Waals surface area (Å²) in [6.45, 7) is 3.62. The van der Waals surface area contributed by atoms with Crippen molar-refractivity contribution >= 4 is 39.7 Å². The summed E-state index contributed by atoms with van der Waals surface area (Å²) in [7, 11) is 0. The van der Waals surface area contributed by atoms with Gasteiger partial charge in [0.2, 0.25) is 11.6 Å². The fourth-order valence-electron chi connectivity index (χ4n) is 2.77. The third-order valence-corrected chi connectivity index (χ3v) is 4.00. The molecule has 4 rings (SSSR count). The van der Waals surface area contributed by atoms with Crippen molar-refractivity contribution in [1.29, 1.82) is 0 Å². The molecule has 0 aliphatic carbocycles. The zero-order valence-electron chi connectivity index (χ0n) is 15.0. The number of aromatic nitrogens is 4. The Balaban J connectivity index is 1.76. The van der Waals surface area contributed by atoms with Gasteiger partial charge >= 0.3 is 5.69 Å². The van der Waals surface area contributed by atoms with E-state index in [1.165, 1.54) is 6.33 Å². The Hall–Kier alpha value is -4.08. The number of rotatable bonds is 5. The normalized spacial score (nSPS) is 10.8. The molecule has 0 radical (unpaired) electrons. The first-order valence-corrected chi connectivity index (χ1v) is 8.34. The first-order valence-electron chi connectivity index (χ1n) is 8.34. The van der Waals surface area contributed by atoms with Crippen LogP contribution in [0.15, 0.2) is 47.2 Å². The van der Waals surface area contributed by atoms with Crippen LogP contribution in [-0.2, 0) is 0 Å². The zero-order valence-corrected chi connectivity index (χ0v) is 15.0. The molecule has 3 aromatic heterocycles. The number of anilines is 4. The number of hydrogen-bond acceptors (Lipinski definition) is 9. The summed E-state index contributed by atoms with van der Waals surface area (Å²) in [5, 5.41) is 22.2. The standard InChI is InChI=1S/C18H15N7O3/c1-10-6-7-12-13(21-10)4-3-5-14(12)22-17-16(25(26)27)18(20-9-19-17)23-15-8-11(2)28-24-15/h3-9H,1-2H3,(H2,19,20,22,23,24). The summed E-state index contributed by atoms with van der Waals surface area (Å²) in [5.41, 5.74) is 2.00. The van der Waals surface area contributed by atoms with E-state index in [1.807, 2.05) is 31.2 Å². The number of nitrogens with one attached hydrogen (secondary N) is 2. The van der Waals surface area contributed by atoms with Crippen molar-refractivity contribution in [3.63, 3.8) is 0 Å². The summed E-state index contributed by atoms with van der Waals surface area (Å²) >= 11 is 0. The van der Waals surface area contributed by atoms with Gasteiger partial charge in [-0.05, 0) is 38.1 Å². The second-order valence-corrected chi connectivity index (χ2v) is 6.07. The molecule has 0 aliphatic heterocycles. The van der Waals surface area contributed by atoms with Crippen molar-refractivity contribution in [2.24, 2.45) is 0 Å². The average molecular weight is 377 g/mol. The van der Waals surface area contributed by atoms with Gasteiger partial charge < -0.3 is 15.2 Å². The predicted octanol–water partition coefficient (Wildman–Crippen LogP) is 4.03. The Kier molecular flexibility index (Phi) is 4.28. The van der Waals surface area contributed by atoms with Crippen LogP contribution in [0.5, 0.6) is 0 Å². The van der Waals surface area contributed by atoms with Crippen LogP contribution >= 0.6 is 0 Å². The van der Waals surface area contributed by atoms with Gasteiger partial charge in [-0.1, -0.05) is 11.2 Å². The Morgan fingerprint density at radius 1 is 1.07 bits per heavy atom. The highest BCUT2D eigenvalue weighted by molar-refractivity contribution is 5.94. The Bertz CT molecular complexity index is 1190. The van der Waals surface area contributed by atoms with Crippen LogP contribution in [0.2, 0.25) is 0 Å². The van der Waals surface area contributed by atoms with E-state index in [0.717, 1.165) is 16.6 Å². The lowest BCUT2D eigenvalue weighted by Gasteiger charge is -2.11. The molecule has 0 aliphatic rings. The first kappa shape index (κ1) is 17.3. The molecule has 0 fully saturated rings. The maximum atomic E-state index is 11.7. The highest BCUT2D eigenvalue weighted by atomic mass is 16.6. The molecule has 3 heterocycles. The molecule has 0 saturated carbocycles. The van der Waals surface area contributed by atoms with Crippen LogP contribution < -0.4 is 10.6 Å². The van der Waals surface area contributed by atoms with Crippen molar-refractivity contribution in [3.05, 3.63) is 64.3 Å². The Morgan fingerprint density at radius 2 is 1.86 bits per heavy atom. The van der Waals surface area contributed by atoms with Crippen LogP contribution in [0.4, 0.5) is 28.8 Å². The lowest BCUT2D eigenvalue weighted by Crippen LogP contribution is -2.06. The smallest absolute Gasteiger partial charge is 0.353 e. The molecule has 2 N–H and O–H groups in total. The van der Waals surface area contributed by atoms with Crippen molar-refractivity contribution in [2.45, 2.75) is 13.8 Å². The molecule has 0 spiro atoms. The van der Waals surface area contributed by atoms with E-state index in [-0.39, 0.29) is 17.3 Å².